The fraction of sp³-hybridized carbons (Fsp3) is 0.364. The van der Waals surface area contributed by atoms with Crippen molar-refractivity contribution in [3.05, 3.63) is 54.1 Å². The molecule has 1 aliphatic rings. The molecule has 1 amide bonds. The molecule has 1 saturated heterocycles. The number of methoxy groups -OCH3 is 1. The van der Waals surface area contributed by atoms with Crippen LogP contribution in [0.15, 0.2) is 58.2 Å². The SMILES string of the molecule is COc1ccc(C(CNC(=O)CSc2nc3ccccc3o2)N2CCCC2)cc1. The molecule has 3 aromatic rings. The number of benzene rings is 2. The first-order valence-electron chi connectivity index (χ1n) is 9.86. The highest BCUT2D eigenvalue weighted by atomic mass is 32.2. The number of nitrogens with one attached hydrogen (secondary N) is 1. The number of fused-ring (bicyclic) bond motifs is 1. The normalized spacial score (nSPS) is 15.5. The minimum atomic E-state index is -0.0186. The van der Waals surface area contributed by atoms with Gasteiger partial charge >= 0.3 is 0 Å². The van der Waals surface area contributed by atoms with Gasteiger partial charge in [0, 0.05) is 6.54 Å². The molecule has 1 atom stereocenters. The number of hydrogen-bond acceptors (Lipinski definition) is 6. The van der Waals surface area contributed by atoms with Crippen LogP contribution in [0.2, 0.25) is 0 Å². The second-order valence-electron chi connectivity index (χ2n) is 7.07. The standard InChI is InChI=1S/C22H25N3O3S/c1-27-17-10-8-16(9-11-17)19(25-12-4-5-13-25)14-23-21(26)15-29-22-24-18-6-2-3-7-20(18)28-22/h2-3,6-11,19H,4-5,12-15H2,1H3,(H,23,26). The second-order valence-corrected chi connectivity index (χ2v) is 8.00. The van der Waals surface area contributed by atoms with Gasteiger partial charge in [-0.2, -0.15) is 0 Å². The number of para-hydroxylation sites is 2. The van der Waals surface area contributed by atoms with Crippen molar-refractivity contribution in [3.8, 4) is 5.75 Å². The molecule has 1 fully saturated rings. The van der Waals surface area contributed by atoms with E-state index in [4.69, 9.17) is 9.15 Å². The van der Waals surface area contributed by atoms with E-state index in [0.717, 1.165) is 29.9 Å². The summed E-state index contributed by atoms with van der Waals surface area (Å²) >= 11 is 1.32. The molecular formula is C22H25N3O3S. The lowest BCUT2D eigenvalue weighted by Crippen LogP contribution is -2.37. The number of rotatable bonds is 8. The number of nitrogens with zero attached hydrogens (tertiary/aromatic N) is 2. The first kappa shape index (κ1) is 19.8. The van der Waals surface area contributed by atoms with Crippen molar-refractivity contribution in [1.29, 1.82) is 0 Å². The number of amides is 1. The molecule has 1 N–H and O–H groups in total. The fourth-order valence-corrected chi connectivity index (χ4v) is 4.31. The van der Waals surface area contributed by atoms with E-state index < -0.39 is 0 Å². The van der Waals surface area contributed by atoms with Crippen molar-refractivity contribution in [2.75, 3.05) is 32.5 Å². The Morgan fingerprint density at radius 3 is 2.69 bits per heavy atom. The lowest BCUT2D eigenvalue weighted by molar-refractivity contribution is -0.118. The summed E-state index contributed by atoms with van der Waals surface area (Å²) in [6.07, 6.45) is 2.41. The Labute approximate surface area is 174 Å². The Bertz CT molecular complexity index is 918. The van der Waals surface area contributed by atoms with Gasteiger partial charge in [-0.15, -0.1) is 0 Å². The van der Waals surface area contributed by atoms with Gasteiger partial charge < -0.3 is 14.5 Å². The van der Waals surface area contributed by atoms with Crippen molar-refractivity contribution in [2.45, 2.75) is 24.1 Å². The van der Waals surface area contributed by atoms with Gasteiger partial charge in [0.25, 0.3) is 5.22 Å². The summed E-state index contributed by atoms with van der Waals surface area (Å²) in [5.41, 5.74) is 2.74. The summed E-state index contributed by atoms with van der Waals surface area (Å²) in [5.74, 6) is 1.10. The van der Waals surface area contributed by atoms with Gasteiger partial charge in [0.15, 0.2) is 5.58 Å². The minimum absolute atomic E-state index is 0.0186. The first-order valence-corrected chi connectivity index (χ1v) is 10.8. The molecule has 1 aromatic heterocycles. The van der Waals surface area contributed by atoms with Crippen molar-refractivity contribution in [3.63, 3.8) is 0 Å². The number of ether oxygens (including phenoxy) is 1. The Balaban J connectivity index is 1.35. The van der Waals surface area contributed by atoms with Gasteiger partial charge in [-0.25, -0.2) is 4.98 Å². The molecule has 2 heterocycles. The van der Waals surface area contributed by atoms with Gasteiger partial charge in [0.1, 0.15) is 11.3 Å². The van der Waals surface area contributed by atoms with Crippen LogP contribution in [-0.4, -0.2) is 48.3 Å². The topological polar surface area (TPSA) is 67.6 Å². The summed E-state index contributed by atoms with van der Waals surface area (Å²) in [6, 6.07) is 15.9. The van der Waals surface area contributed by atoms with Crippen LogP contribution < -0.4 is 10.1 Å². The molecule has 6 nitrogen and oxygen atoms in total. The Hall–Kier alpha value is -2.51. The average Bonchev–Trinajstić information content (AvgIpc) is 3.42. The second kappa shape index (κ2) is 9.33. The highest BCUT2D eigenvalue weighted by molar-refractivity contribution is 7.99. The molecule has 0 spiro atoms. The molecule has 29 heavy (non-hydrogen) atoms. The molecule has 1 unspecified atom stereocenters. The van der Waals surface area contributed by atoms with Crippen LogP contribution in [-0.2, 0) is 4.79 Å². The Morgan fingerprint density at radius 1 is 1.21 bits per heavy atom. The molecule has 2 aromatic carbocycles. The molecular weight excluding hydrogens is 386 g/mol. The maximum Gasteiger partial charge on any atom is 0.257 e. The third-order valence-electron chi connectivity index (χ3n) is 5.18. The quantitative estimate of drug-likeness (QED) is 0.568. The lowest BCUT2D eigenvalue weighted by atomic mass is 10.1. The van der Waals surface area contributed by atoms with Gasteiger partial charge in [-0.3, -0.25) is 9.69 Å². The van der Waals surface area contributed by atoms with E-state index in [9.17, 15) is 4.79 Å². The van der Waals surface area contributed by atoms with Crippen molar-refractivity contribution < 1.29 is 13.9 Å². The number of hydrogen-bond donors (Lipinski definition) is 1. The maximum atomic E-state index is 12.4. The molecule has 1 aliphatic heterocycles. The third-order valence-corrected chi connectivity index (χ3v) is 6.00. The van der Waals surface area contributed by atoms with E-state index in [1.54, 1.807) is 7.11 Å². The smallest absolute Gasteiger partial charge is 0.257 e. The van der Waals surface area contributed by atoms with Gasteiger partial charge in [0.2, 0.25) is 5.91 Å². The minimum Gasteiger partial charge on any atom is -0.497 e. The van der Waals surface area contributed by atoms with Crippen molar-refractivity contribution in [2.24, 2.45) is 0 Å². The monoisotopic (exact) mass is 411 g/mol. The third kappa shape index (κ3) is 4.92. The van der Waals surface area contributed by atoms with Crippen LogP contribution in [0.5, 0.6) is 5.75 Å². The van der Waals surface area contributed by atoms with E-state index in [1.165, 1.54) is 30.2 Å². The van der Waals surface area contributed by atoms with Crippen LogP contribution in [0, 0.1) is 0 Å². The van der Waals surface area contributed by atoms with E-state index in [2.05, 4.69) is 27.3 Å². The number of aromatic nitrogens is 1. The predicted octanol–water partition coefficient (Wildman–Crippen LogP) is 3.88. The zero-order valence-electron chi connectivity index (χ0n) is 16.5. The number of carbonyl (C=O) groups excluding carboxylic acids is 1. The van der Waals surface area contributed by atoms with Crippen LogP contribution >= 0.6 is 11.8 Å². The first-order chi connectivity index (χ1) is 14.2. The maximum absolute atomic E-state index is 12.4. The fourth-order valence-electron chi connectivity index (χ4n) is 3.64. The van der Waals surface area contributed by atoms with Crippen LogP contribution in [0.4, 0.5) is 0 Å². The predicted molar refractivity (Wildman–Crippen MR) is 114 cm³/mol. The average molecular weight is 412 g/mol. The molecule has 7 heteroatoms. The van der Waals surface area contributed by atoms with Crippen LogP contribution in [0.25, 0.3) is 11.1 Å². The number of carbonyl (C=O) groups is 1. The summed E-state index contributed by atoms with van der Waals surface area (Å²) in [4.78, 5) is 19.3. The van der Waals surface area contributed by atoms with Crippen LogP contribution in [0.1, 0.15) is 24.4 Å². The van der Waals surface area contributed by atoms with Crippen molar-refractivity contribution >= 4 is 28.8 Å². The number of likely N-dealkylation sites (tertiary alicyclic amines) is 1. The summed E-state index contributed by atoms with van der Waals surface area (Å²) in [5, 5.41) is 3.61. The van der Waals surface area contributed by atoms with Crippen molar-refractivity contribution in [1.82, 2.24) is 15.2 Å². The lowest BCUT2D eigenvalue weighted by Gasteiger charge is -2.28. The summed E-state index contributed by atoms with van der Waals surface area (Å²) < 4.78 is 10.9. The molecule has 0 aliphatic carbocycles. The van der Waals surface area contributed by atoms with E-state index in [0.29, 0.717) is 11.8 Å². The molecule has 0 radical (unpaired) electrons. The van der Waals surface area contributed by atoms with E-state index in [-0.39, 0.29) is 17.7 Å². The number of oxazole rings is 1. The number of thioether (sulfide) groups is 1. The Morgan fingerprint density at radius 2 is 1.97 bits per heavy atom. The summed E-state index contributed by atoms with van der Waals surface area (Å²) in [7, 11) is 1.67. The van der Waals surface area contributed by atoms with E-state index in [1.807, 2.05) is 36.4 Å². The van der Waals surface area contributed by atoms with Gasteiger partial charge in [-0.05, 0) is 55.8 Å². The molecule has 0 bridgehead atoms. The molecule has 152 valence electrons. The highest BCUT2D eigenvalue weighted by Gasteiger charge is 2.24. The zero-order chi connectivity index (χ0) is 20.1. The highest BCUT2D eigenvalue weighted by Crippen LogP contribution is 2.27. The molecule has 4 rings (SSSR count). The molecule has 0 saturated carbocycles. The van der Waals surface area contributed by atoms with Gasteiger partial charge in [0.05, 0.1) is 18.9 Å². The van der Waals surface area contributed by atoms with E-state index >= 15 is 0 Å². The Kier molecular flexibility index (Phi) is 6.36. The van der Waals surface area contributed by atoms with Crippen LogP contribution in [0.3, 0.4) is 0 Å². The van der Waals surface area contributed by atoms with Gasteiger partial charge in [-0.1, -0.05) is 36.0 Å². The largest absolute Gasteiger partial charge is 0.497 e. The summed E-state index contributed by atoms with van der Waals surface area (Å²) in [6.45, 7) is 2.70. The zero-order valence-corrected chi connectivity index (χ0v) is 17.3.